The Kier molecular flexibility index (Phi) is 50.1. The van der Waals surface area contributed by atoms with E-state index in [1.54, 1.807) is 0 Å². The van der Waals surface area contributed by atoms with Crippen LogP contribution in [-0.2, 0) is 14.3 Å². The van der Waals surface area contributed by atoms with Crippen LogP contribution in [0.25, 0.3) is 0 Å². The van der Waals surface area contributed by atoms with Crippen molar-refractivity contribution in [1.82, 2.24) is 5.32 Å². The van der Waals surface area contributed by atoms with Crippen molar-refractivity contribution in [2.45, 2.75) is 296 Å². The van der Waals surface area contributed by atoms with E-state index >= 15 is 0 Å². The molecule has 3 N–H and O–H groups in total. The van der Waals surface area contributed by atoms with Crippen LogP contribution in [0, 0.1) is 0 Å². The van der Waals surface area contributed by atoms with Crippen molar-refractivity contribution in [3.63, 3.8) is 0 Å². The number of amides is 1. The SMILES string of the molecule is CCCCC/C=C\C/C=C\CCCCCCCCCCCC(=O)OCCCCC/C=C\CCCCCCCC(=O)NC(CO)C(O)CCCCCCCCCCCCCCCC. The molecule has 0 heterocycles. The van der Waals surface area contributed by atoms with Crippen molar-refractivity contribution < 1.29 is 24.5 Å². The van der Waals surface area contributed by atoms with Crippen molar-refractivity contribution in [1.29, 1.82) is 0 Å². The number of carbonyl (C=O) groups is 2. The summed E-state index contributed by atoms with van der Waals surface area (Å²) in [6.45, 7) is 4.87. The average Bonchev–Trinajstić information content (AvgIpc) is 3.27. The summed E-state index contributed by atoms with van der Waals surface area (Å²) >= 11 is 0. The fraction of sp³-hybridized carbons (Fsp3) is 0.857. The Hall–Kier alpha value is -1.92. The lowest BCUT2D eigenvalue weighted by molar-refractivity contribution is -0.143. The summed E-state index contributed by atoms with van der Waals surface area (Å²) in [7, 11) is 0. The van der Waals surface area contributed by atoms with E-state index in [0.29, 0.717) is 25.9 Å². The topological polar surface area (TPSA) is 95.9 Å². The molecule has 0 bridgehead atoms. The zero-order chi connectivity index (χ0) is 45.1. The molecule has 1 amide bonds. The molecular weight excluding hydrogens is 767 g/mol. The fourth-order valence-electron chi connectivity index (χ4n) is 8.19. The molecule has 0 aliphatic carbocycles. The number of allylic oxidation sites excluding steroid dienone is 6. The maximum Gasteiger partial charge on any atom is 0.305 e. The second-order valence-corrected chi connectivity index (χ2v) is 18.6. The molecule has 0 aromatic carbocycles. The Morgan fingerprint density at radius 3 is 1.27 bits per heavy atom. The molecule has 0 radical (unpaired) electrons. The minimum atomic E-state index is -0.680. The summed E-state index contributed by atoms with van der Waals surface area (Å²) in [5.41, 5.74) is 0. The van der Waals surface area contributed by atoms with Crippen LogP contribution in [0.4, 0.5) is 0 Å². The first-order valence-corrected chi connectivity index (χ1v) is 27.2. The van der Waals surface area contributed by atoms with Gasteiger partial charge in [-0.2, -0.15) is 0 Å². The zero-order valence-corrected chi connectivity index (χ0v) is 41.4. The van der Waals surface area contributed by atoms with E-state index in [0.717, 1.165) is 83.5 Å². The smallest absolute Gasteiger partial charge is 0.305 e. The number of hydrogen-bond acceptors (Lipinski definition) is 5. The number of ether oxygens (including phenoxy) is 1. The van der Waals surface area contributed by atoms with Crippen LogP contribution in [0.3, 0.4) is 0 Å². The third kappa shape index (κ3) is 47.6. The van der Waals surface area contributed by atoms with E-state index in [1.807, 2.05) is 0 Å². The quantitative estimate of drug-likeness (QED) is 0.0321. The van der Waals surface area contributed by atoms with Crippen LogP contribution in [0.1, 0.15) is 284 Å². The Morgan fingerprint density at radius 1 is 0.452 bits per heavy atom. The normalized spacial score (nSPS) is 12.9. The number of nitrogens with one attached hydrogen (secondary N) is 1. The maximum absolute atomic E-state index is 12.4. The number of aliphatic hydroxyl groups excluding tert-OH is 2. The highest BCUT2D eigenvalue weighted by Gasteiger charge is 2.20. The molecule has 0 aromatic rings. The monoisotopic (exact) mass is 872 g/mol. The maximum atomic E-state index is 12.4. The molecule has 0 rings (SSSR count). The number of unbranched alkanes of at least 4 members (excludes halogenated alkanes) is 33. The van der Waals surface area contributed by atoms with Crippen LogP contribution in [0.2, 0.25) is 0 Å². The lowest BCUT2D eigenvalue weighted by Gasteiger charge is -2.22. The molecule has 6 nitrogen and oxygen atoms in total. The molecule has 0 saturated carbocycles. The first kappa shape index (κ1) is 60.1. The predicted octanol–water partition coefficient (Wildman–Crippen LogP) is 16.5. The highest BCUT2D eigenvalue weighted by Crippen LogP contribution is 2.16. The van der Waals surface area contributed by atoms with E-state index in [4.69, 9.17) is 4.74 Å². The van der Waals surface area contributed by atoms with Gasteiger partial charge in [0.2, 0.25) is 5.91 Å². The summed E-state index contributed by atoms with van der Waals surface area (Å²) in [6.07, 6.45) is 62.6. The molecule has 0 spiro atoms. The molecule has 0 fully saturated rings. The van der Waals surface area contributed by atoms with Crippen molar-refractivity contribution in [3.8, 4) is 0 Å². The predicted molar refractivity (Wildman–Crippen MR) is 269 cm³/mol. The minimum absolute atomic E-state index is 0.0267. The number of esters is 1. The molecule has 0 saturated heterocycles. The Bertz CT molecular complexity index is 1010. The van der Waals surface area contributed by atoms with E-state index in [-0.39, 0.29) is 18.5 Å². The van der Waals surface area contributed by atoms with Crippen LogP contribution in [-0.4, -0.2) is 47.4 Å². The van der Waals surface area contributed by atoms with Gasteiger partial charge in [-0.3, -0.25) is 9.59 Å². The summed E-state index contributed by atoms with van der Waals surface area (Å²) < 4.78 is 5.46. The van der Waals surface area contributed by atoms with Gasteiger partial charge in [0.1, 0.15) is 0 Å². The van der Waals surface area contributed by atoms with Gasteiger partial charge in [0.15, 0.2) is 0 Å². The second kappa shape index (κ2) is 51.7. The highest BCUT2D eigenvalue weighted by molar-refractivity contribution is 5.76. The summed E-state index contributed by atoms with van der Waals surface area (Å²) in [4.78, 5) is 24.5. The fourth-order valence-corrected chi connectivity index (χ4v) is 8.19. The van der Waals surface area contributed by atoms with Gasteiger partial charge < -0.3 is 20.3 Å². The highest BCUT2D eigenvalue weighted by atomic mass is 16.5. The van der Waals surface area contributed by atoms with E-state index < -0.39 is 12.1 Å². The second-order valence-electron chi connectivity index (χ2n) is 18.6. The molecular formula is C56H105NO5. The largest absolute Gasteiger partial charge is 0.466 e. The van der Waals surface area contributed by atoms with Crippen LogP contribution in [0.15, 0.2) is 36.5 Å². The average molecular weight is 872 g/mol. The van der Waals surface area contributed by atoms with E-state index in [1.165, 1.54) is 167 Å². The Balaban J connectivity index is 3.49. The number of hydrogen-bond donors (Lipinski definition) is 3. The lowest BCUT2D eigenvalue weighted by atomic mass is 10.0. The van der Waals surface area contributed by atoms with Gasteiger partial charge in [-0.1, -0.05) is 217 Å². The van der Waals surface area contributed by atoms with Gasteiger partial charge in [-0.05, 0) is 89.9 Å². The van der Waals surface area contributed by atoms with Gasteiger partial charge in [0, 0.05) is 12.8 Å². The molecule has 6 heteroatoms. The van der Waals surface area contributed by atoms with Gasteiger partial charge in [-0.15, -0.1) is 0 Å². The molecule has 62 heavy (non-hydrogen) atoms. The van der Waals surface area contributed by atoms with Gasteiger partial charge >= 0.3 is 5.97 Å². The third-order valence-electron chi connectivity index (χ3n) is 12.4. The number of aliphatic hydroxyl groups is 2. The first-order valence-electron chi connectivity index (χ1n) is 27.2. The third-order valence-corrected chi connectivity index (χ3v) is 12.4. The van der Waals surface area contributed by atoms with Crippen LogP contribution >= 0.6 is 0 Å². The molecule has 2 unspecified atom stereocenters. The Labute approximate surface area is 385 Å². The first-order chi connectivity index (χ1) is 30.5. The van der Waals surface area contributed by atoms with Gasteiger partial charge in [-0.25, -0.2) is 0 Å². The van der Waals surface area contributed by atoms with Crippen molar-refractivity contribution in [3.05, 3.63) is 36.5 Å². The summed E-state index contributed by atoms with van der Waals surface area (Å²) in [6, 6.07) is -0.560. The zero-order valence-electron chi connectivity index (χ0n) is 41.4. The molecule has 0 aliphatic rings. The van der Waals surface area contributed by atoms with E-state index in [2.05, 4.69) is 55.6 Å². The van der Waals surface area contributed by atoms with Crippen LogP contribution < -0.4 is 5.32 Å². The van der Waals surface area contributed by atoms with Crippen molar-refractivity contribution in [2.75, 3.05) is 13.2 Å². The molecule has 2 atom stereocenters. The lowest BCUT2D eigenvalue weighted by Crippen LogP contribution is -2.45. The standard InChI is InChI=1S/C56H105NO5/c1-3-5-7-9-11-13-15-17-19-20-21-22-23-25-30-34-38-42-46-50-56(61)62-51-47-43-39-35-31-27-26-29-33-37-41-45-49-55(60)57-53(52-58)54(59)48-44-40-36-32-28-24-18-16-14-12-10-8-6-4-2/h11,13,17,19,27,31,53-54,58-59H,3-10,12,14-16,18,20-26,28-30,32-52H2,1-2H3,(H,57,60)/b13-11-,19-17-,31-27-. The summed E-state index contributed by atoms with van der Waals surface area (Å²) in [5, 5.41) is 23.2. The molecule has 364 valence electrons. The minimum Gasteiger partial charge on any atom is -0.466 e. The van der Waals surface area contributed by atoms with Gasteiger partial charge in [0.05, 0.1) is 25.4 Å². The Morgan fingerprint density at radius 2 is 0.806 bits per heavy atom. The van der Waals surface area contributed by atoms with Gasteiger partial charge in [0.25, 0.3) is 0 Å². The number of carbonyl (C=O) groups excluding carboxylic acids is 2. The van der Waals surface area contributed by atoms with Crippen molar-refractivity contribution >= 4 is 11.9 Å². The van der Waals surface area contributed by atoms with Crippen LogP contribution in [0.5, 0.6) is 0 Å². The van der Waals surface area contributed by atoms with E-state index in [9.17, 15) is 19.8 Å². The molecule has 0 aliphatic heterocycles. The van der Waals surface area contributed by atoms with Crippen molar-refractivity contribution in [2.24, 2.45) is 0 Å². The molecule has 0 aromatic heterocycles. The summed E-state index contributed by atoms with van der Waals surface area (Å²) in [5.74, 6) is -0.0879. The number of rotatable bonds is 50.